The Kier molecular flexibility index (Phi) is 8.94. The predicted molar refractivity (Wildman–Crippen MR) is 102 cm³/mol. The number of aliphatic imine (C=N–C) groups is 1. The lowest BCUT2D eigenvalue weighted by Crippen LogP contribution is -2.42. The highest BCUT2D eigenvalue weighted by atomic mass is 127. The third-order valence-corrected chi connectivity index (χ3v) is 4.42. The van der Waals surface area contributed by atoms with Gasteiger partial charge in [-0.25, -0.2) is 0 Å². The van der Waals surface area contributed by atoms with E-state index in [4.69, 9.17) is 4.99 Å². The van der Waals surface area contributed by atoms with Crippen LogP contribution in [0.3, 0.4) is 0 Å². The summed E-state index contributed by atoms with van der Waals surface area (Å²) < 4.78 is 0. The second-order valence-corrected chi connectivity index (χ2v) is 6.60. The van der Waals surface area contributed by atoms with Crippen LogP contribution in [0.1, 0.15) is 46.5 Å². The zero-order valence-electron chi connectivity index (χ0n) is 13.9. The molecule has 1 saturated heterocycles. The first-order chi connectivity index (χ1) is 9.70. The average molecular weight is 408 g/mol. The largest absolute Gasteiger partial charge is 0.357 e. The Balaban J connectivity index is 0.00000220. The van der Waals surface area contributed by atoms with Crippen molar-refractivity contribution in [3.8, 4) is 0 Å². The van der Waals surface area contributed by atoms with E-state index in [1.54, 1.807) is 0 Å². The first kappa shape index (κ1) is 19.0. The summed E-state index contributed by atoms with van der Waals surface area (Å²) in [5, 5.41) is 6.86. The molecule has 0 aromatic rings. The van der Waals surface area contributed by atoms with E-state index in [9.17, 15) is 0 Å². The molecule has 0 spiro atoms. The second kappa shape index (κ2) is 9.87. The fourth-order valence-corrected chi connectivity index (χ4v) is 2.91. The molecule has 1 aliphatic carbocycles. The van der Waals surface area contributed by atoms with Crippen molar-refractivity contribution in [1.82, 2.24) is 15.5 Å². The van der Waals surface area contributed by atoms with Crippen LogP contribution in [0.25, 0.3) is 0 Å². The molecule has 2 aliphatic rings. The monoisotopic (exact) mass is 408 g/mol. The maximum atomic E-state index is 4.83. The molecule has 0 bridgehead atoms. The standard InChI is InChI=1S/C16H32N4.HI/c1-4-17-16(18-11-14-7-8-14)19-12-15(13(2)3)20-9-5-6-10-20;/h13-15H,4-12H2,1-3H3,(H2,17,18,19);1H. The van der Waals surface area contributed by atoms with Gasteiger partial charge in [0.05, 0.1) is 6.54 Å². The van der Waals surface area contributed by atoms with Gasteiger partial charge in [-0.05, 0) is 57.5 Å². The SMILES string of the molecule is CCNC(=NCC(C(C)C)N1CCCC1)NCC1CC1.I. The van der Waals surface area contributed by atoms with Crippen LogP contribution in [0.2, 0.25) is 0 Å². The minimum Gasteiger partial charge on any atom is -0.357 e. The summed E-state index contributed by atoms with van der Waals surface area (Å²) in [6, 6.07) is 0.592. The quantitative estimate of drug-likeness (QED) is 0.387. The Hall–Kier alpha value is -0.0400. The van der Waals surface area contributed by atoms with Crippen LogP contribution < -0.4 is 10.6 Å². The summed E-state index contributed by atoms with van der Waals surface area (Å²) in [4.78, 5) is 7.46. The number of guanidine groups is 1. The van der Waals surface area contributed by atoms with Crippen molar-refractivity contribution in [1.29, 1.82) is 0 Å². The normalized spacial score (nSPS) is 21.2. The summed E-state index contributed by atoms with van der Waals surface area (Å²) >= 11 is 0. The number of hydrogen-bond donors (Lipinski definition) is 2. The molecule has 2 N–H and O–H groups in total. The molecule has 2 rings (SSSR count). The van der Waals surface area contributed by atoms with Gasteiger partial charge in [0, 0.05) is 19.1 Å². The lowest BCUT2D eigenvalue weighted by Gasteiger charge is -2.29. The minimum atomic E-state index is 0. The topological polar surface area (TPSA) is 39.7 Å². The molecule has 124 valence electrons. The number of halogens is 1. The lowest BCUT2D eigenvalue weighted by atomic mass is 10.0. The third kappa shape index (κ3) is 6.72. The number of rotatable bonds is 7. The van der Waals surface area contributed by atoms with Crippen LogP contribution >= 0.6 is 24.0 Å². The van der Waals surface area contributed by atoms with Gasteiger partial charge >= 0.3 is 0 Å². The van der Waals surface area contributed by atoms with Crippen molar-refractivity contribution in [3.05, 3.63) is 0 Å². The van der Waals surface area contributed by atoms with E-state index in [1.165, 1.54) is 38.8 Å². The van der Waals surface area contributed by atoms with Crippen molar-refractivity contribution >= 4 is 29.9 Å². The van der Waals surface area contributed by atoms with E-state index < -0.39 is 0 Å². The van der Waals surface area contributed by atoms with E-state index in [1.807, 2.05) is 0 Å². The number of nitrogens with zero attached hydrogens (tertiary/aromatic N) is 2. The van der Waals surface area contributed by atoms with Crippen molar-refractivity contribution in [2.45, 2.75) is 52.5 Å². The molecular weight excluding hydrogens is 375 g/mol. The van der Waals surface area contributed by atoms with Gasteiger partial charge in [-0.15, -0.1) is 24.0 Å². The van der Waals surface area contributed by atoms with E-state index in [-0.39, 0.29) is 24.0 Å². The molecule has 1 saturated carbocycles. The molecular formula is C16H33IN4. The van der Waals surface area contributed by atoms with Crippen LogP contribution in [-0.2, 0) is 0 Å². The van der Waals surface area contributed by atoms with E-state index in [0.29, 0.717) is 12.0 Å². The number of hydrogen-bond acceptors (Lipinski definition) is 2. The first-order valence-corrected chi connectivity index (χ1v) is 8.47. The van der Waals surface area contributed by atoms with Gasteiger partial charge < -0.3 is 10.6 Å². The number of likely N-dealkylation sites (tertiary alicyclic amines) is 1. The maximum Gasteiger partial charge on any atom is 0.191 e. The highest BCUT2D eigenvalue weighted by Crippen LogP contribution is 2.27. The second-order valence-electron chi connectivity index (χ2n) is 6.60. The zero-order valence-corrected chi connectivity index (χ0v) is 16.2. The maximum absolute atomic E-state index is 4.83. The van der Waals surface area contributed by atoms with Crippen LogP contribution in [0, 0.1) is 11.8 Å². The molecule has 4 nitrogen and oxygen atoms in total. The summed E-state index contributed by atoms with van der Waals surface area (Å²) in [6.07, 6.45) is 5.48. The molecule has 1 atom stereocenters. The van der Waals surface area contributed by atoms with Crippen molar-refractivity contribution in [3.63, 3.8) is 0 Å². The molecule has 1 heterocycles. The average Bonchev–Trinajstić information content (AvgIpc) is 3.10. The van der Waals surface area contributed by atoms with Crippen LogP contribution in [-0.4, -0.2) is 49.6 Å². The third-order valence-electron chi connectivity index (χ3n) is 4.42. The Morgan fingerprint density at radius 1 is 1.19 bits per heavy atom. The van der Waals surface area contributed by atoms with E-state index >= 15 is 0 Å². The fraction of sp³-hybridized carbons (Fsp3) is 0.938. The molecule has 21 heavy (non-hydrogen) atoms. The van der Waals surface area contributed by atoms with Gasteiger partial charge in [-0.1, -0.05) is 13.8 Å². The Labute approximate surface area is 147 Å². The van der Waals surface area contributed by atoms with Crippen LogP contribution in [0.5, 0.6) is 0 Å². The first-order valence-electron chi connectivity index (χ1n) is 8.47. The Morgan fingerprint density at radius 3 is 2.38 bits per heavy atom. The number of nitrogens with one attached hydrogen (secondary N) is 2. The van der Waals surface area contributed by atoms with Gasteiger partial charge in [0.2, 0.25) is 0 Å². The van der Waals surface area contributed by atoms with Crippen molar-refractivity contribution in [2.24, 2.45) is 16.8 Å². The molecule has 0 amide bonds. The van der Waals surface area contributed by atoms with E-state index in [2.05, 4.69) is 36.3 Å². The van der Waals surface area contributed by atoms with Crippen molar-refractivity contribution in [2.75, 3.05) is 32.7 Å². The Morgan fingerprint density at radius 2 is 1.86 bits per heavy atom. The van der Waals surface area contributed by atoms with Gasteiger partial charge in [0.25, 0.3) is 0 Å². The molecule has 1 unspecified atom stereocenters. The Bertz CT molecular complexity index is 309. The van der Waals surface area contributed by atoms with E-state index in [0.717, 1.165) is 31.5 Å². The summed E-state index contributed by atoms with van der Waals surface area (Å²) in [5.74, 6) is 2.56. The van der Waals surface area contributed by atoms with Gasteiger partial charge in [0.15, 0.2) is 5.96 Å². The van der Waals surface area contributed by atoms with Crippen LogP contribution in [0.15, 0.2) is 4.99 Å². The predicted octanol–water partition coefficient (Wildman–Crippen LogP) is 2.69. The molecule has 0 aromatic carbocycles. The highest BCUT2D eigenvalue weighted by Gasteiger charge is 2.25. The molecule has 5 heteroatoms. The summed E-state index contributed by atoms with van der Waals surface area (Å²) in [6.45, 7) is 12.2. The van der Waals surface area contributed by atoms with Gasteiger partial charge in [-0.3, -0.25) is 9.89 Å². The highest BCUT2D eigenvalue weighted by molar-refractivity contribution is 14.0. The van der Waals surface area contributed by atoms with Crippen LogP contribution in [0.4, 0.5) is 0 Å². The lowest BCUT2D eigenvalue weighted by molar-refractivity contribution is 0.197. The van der Waals surface area contributed by atoms with Crippen molar-refractivity contribution < 1.29 is 0 Å². The van der Waals surface area contributed by atoms with Gasteiger partial charge in [0.1, 0.15) is 0 Å². The molecule has 1 aliphatic heterocycles. The summed E-state index contributed by atoms with van der Waals surface area (Å²) in [5.41, 5.74) is 0. The fourth-order valence-electron chi connectivity index (χ4n) is 2.91. The minimum absolute atomic E-state index is 0. The summed E-state index contributed by atoms with van der Waals surface area (Å²) in [7, 11) is 0. The molecule has 0 aromatic heterocycles. The molecule has 2 fully saturated rings. The zero-order chi connectivity index (χ0) is 14.4. The molecule has 0 radical (unpaired) electrons. The smallest absolute Gasteiger partial charge is 0.191 e. The van der Waals surface area contributed by atoms with Gasteiger partial charge in [-0.2, -0.15) is 0 Å².